The summed E-state index contributed by atoms with van der Waals surface area (Å²) in [5, 5.41) is 9.83. The Balaban J connectivity index is 2.21. The van der Waals surface area contributed by atoms with E-state index in [1.165, 1.54) is 6.07 Å². The van der Waals surface area contributed by atoms with Crippen LogP contribution in [0.15, 0.2) is 46.2 Å². The molecule has 0 bridgehead atoms. The van der Waals surface area contributed by atoms with Crippen LogP contribution in [0.3, 0.4) is 0 Å². The molecule has 0 aliphatic rings. The first kappa shape index (κ1) is 17.4. The van der Waals surface area contributed by atoms with Crippen molar-refractivity contribution >= 4 is 45.0 Å². The minimum absolute atomic E-state index is 0.0978. The molecular formula is C14H13Cl2NO3S2. The fraction of sp³-hybridized carbons (Fsp3) is 0.143. The molecule has 0 atom stereocenters. The van der Waals surface area contributed by atoms with Gasteiger partial charge in [-0.15, -0.1) is 11.8 Å². The number of hydrogen-bond acceptors (Lipinski definition) is 4. The van der Waals surface area contributed by atoms with E-state index in [-0.39, 0.29) is 21.5 Å². The summed E-state index contributed by atoms with van der Waals surface area (Å²) < 4.78 is 26.9. The van der Waals surface area contributed by atoms with E-state index in [1.54, 1.807) is 11.8 Å². The second-order valence-corrected chi connectivity index (χ2v) is 7.87. The summed E-state index contributed by atoms with van der Waals surface area (Å²) >= 11 is 13.1. The highest BCUT2D eigenvalue weighted by Gasteiger charge is 2.21. The van der Waals surface area contributed by atoms with Crippen molar-refractivity contribution in [3.63, 3.8) is 0 Å². The maximum atomic E-state index is 12.3. The molecule has 0 unspecified atom stereocenters. The second kappa shape index (κ2) is 7.10. The predicted octanol–water partition coefficient (Wildman–Crippen LogP) is 3.90. The van der Waals surface area contributed by atoms with Gasteiger partial charge in [-0.3, -0.25) is 0 Å². The number of sulfonamides is 1. The van der Waals surface area contributed by atoms with Crippen molar-refractivity contribution in [2.24, 2.45) is 0 Å². The average Bonchev–Trinajstić information content (AvgIpc) is 2.49. The normalized spacial score (nSPS) is 11.6. The topological polar surface area (TPSA) is 66.4 Å². The first-order chi connectivity index (χ1) is 10.3. The maximum Gasteiger partial charge on any atom is 0.244 e. The summed E-state index contributed by atoms with van der Waals surface area (Å²) in [4.78, 5) is 0.747. The first-order valence-electron chi connectivity index (χ1n) is 6.14. The molecule has 0 fully saturated rings. The van der Waals surface area contributed by atoms with Crippen molar-refractivity contribution in [1.29, 1.82) is 0 Å². The number of thioether (sulfide) groups is 1. The molecule has 118 valence electrons. The van der Waals surface area contributed by atoms with Gasteiger partial charge >= 0.3 is 0 Å². The summed E-state index contributed by atoms with van der Waals surface area (Å²) in [5.74, 6) is -0.517. The zero-order valence-electron chi connectivity index (χ0n) is 11.5. The highest BCUT2D eigenvalue weighted by Crippen LogP contribution is 2.34. The maximum absolute atomic E-state index is 12.3. The molecule has 2 N–H and O–H groups in total. The lowest BCUT2D eigenvalue weighted by molar-refractivity contribution is 0.458. The molecule has 0 radical (unpaired) electrons. The van der Waals surface area contributed by atoms with Crippen LogP contribution in [0.4, 0.5) is 0 Å². The van der Waals surface area contributed by atoms with Crippen LogP contribution < -0.4 is 4.72 Å². The second-order valence-electron chi connectivity index (χ2n) is 4.41. The third-order valence-electron chi connectivity index (χ3n) is 2.91. The molecule has 0 amide bonds. The molecule has 8 heteroatoms. The number of phenols is 1. The minimum atomic E-state index is -3.92. The summed E-state index contributed by atoms with van der Waals surface area (Å²) in [6.07, 6.45) is 1.96. The minimum Gasteiger partial charge on any atom is -0.505 e. The Labute approximate surface area is 143 Å². The molecular weight excluding hydrogens is 365 g/mol. The Bertz CT molecular complexity index is 777. The zero-order chi connectivity index (χ0) is 16.3. The quantitative estimate of drug-likeness (QED) is 0.775. The van der Waals surface area contributed by atoms with Crippen LogP contribution in [0.1, 0.15) is 5.56 Å². The summed E-state index contributed by atoms with van der Waals surface area (Å²) in [7, 11) is -3.92. The van der Waals surface area contributed by atoms with Gasteiger partial charge in [0.15, 0.2) is 5.75 Å². The highest BCUT2D eigenvalue weighted by molar-refractivity contribution is 7.98. The molecule has 0 heterocycles. The van der Waals surface area contributed by atoms with E-state index in [1.807, 2.05) is 30.5 Å². The van der Waals surface area contributed by atoms with E-state index in [0.29, 0.717) is 0 Å². The summed E-state index contributed by atoms with van der Waals surface area (Å²) in [5.41, 5.74) is 0.800. The number of nitrogens with one attached hydrogen (secondary N) is 1. The lowest BCUT2D eigenvalue weighted by atomic mass is 10.2. The lowest BCUT2D eigenvalue weighted by Crippen LogP contribution is -2.23. The average molecular weight is 378 g/mol. The molecule has 0 aliphatic carbocycles. The van der Waals surface area contributed by atoms with Crippen LogP contribution in [0.25, 0.3) is 0 Å². The van der Waals surface area contributed by atoms with E-state index in [0.717, 1.165) is 16.5 Å². The van der Waals surface area contributed by atoms with Gasteiger partial charge in [0.2, 0.25) is 10.0 Å². The lowest BCUT2D eigenvalue weighted by Gasteiger charge is -2.10. The molecule has 2 aromatic carbocycles. The van der Waals surface area contributed by atoms with Crippen LogP contribution in [0.2, 0.25) is 10.0 Å². The smallest absolute Gasteiger partial charge is 0.244 e. The van der Waals surface area contributed by atoms with E-state index in [9.17, 15) is 13.5 Å². The van der Waals surface area contributed by atoms with Crippen molar-refractivity contribution in [3.05, 3.63) is 52.0 Å². The number of phenolic OH excluding ortho intramolecular Hbond substituents is 1. The molecule has 0 aliphatic heterocycles. The fourth-order valence-electron chi connectivity index (χ4n) is 1.75. The summed E-state index contributed by atoms with van der Waals surface area (Å²) in [6, 6.07) is 9.91. The number of halogens is 2. The Morgan fingerprint density at radius 3 is 2.41 bits per heavy atom. The Kier molecular flexibility index (Phi) is 5.63. The third-order valence-corrected chi connectivity index (χ3v) is 5.57. The van der Waals surface area contributed by atoms with Crippen molar-refractivity contribution in [3.8, 4) is 5.75 Å². The van der Waals surface area contributed by atoms with Crippen molar-refractivity contribution in [2.75, 3.05) is 6.26 Å². The van der Waals surface area contributed by atoms with Gasteiger partial charge in [0.25, 0.3) is 0 Å². The monoisotopic (exact) mass is 377 g/mol. The molecule has 0 spiro atoms. The Hall–Kier alpha value is -0.920. The van der Waals surface area contributed by atoms with E-state index >= 15 is 0 Å². The van der Waals surface area contributed by atoms with Gasteiger partial charge in [0.05, 0.1) is 5.02 Å². The van der Waals surface area contributed by atoms with Crippen LogP contribution >= 0.6 is 35.0 Å². The van der Waals surface area contributed by atoms with Crippen LogP contribution in [0.5, 0.6) is 5.75 Å². The molecule has 2 rings (SSSR count). The number of rotatable bonds is 5. The fourth-order valence-corrected chi connectivity index (χ4v) is 3.93. The van der Waals surface area contributed by atoms with E-state index in [4.69, 9.17) is 23.2 Å². The Morgan fingerprint density at radius 2 is 1.82 bits per heavy atom. The Morgan fingerprint density at radius 1 is 1.18 bits per heavy atom. The van der Waals surface area contributed by atoms with Gasteiger partial charge in [-0.2, -0.15) is 0 Å². The number of benzene rings is 2. The van der Waals surface area contributed by atoms with Gasteiger partial charge in [-0.1, -0.05) is 35.3 Å². The van der Waals surface area contributed by atoms with Crippen LogP contribution in [-0.4, -0.2) is 19.8 Å². The van der Waals surface area contributed by atoms with Crippen molar-refractivity contribution < 1.29 is 13.5 Å². The predicted molar refractivity (Wildman–Crippen MR) is 90.4 cm³/mol. The number of hydrogen-bond donors (Lipinski definition) is 2. The van der Waals surface area contributed by atoms with Gasteiger partial charge in [-0.05, 0) is 36.1 Å². The molecule has 0 saturated heterocycles. The van der Waals surface area contributed by atoms with Gasteiger partial charge in [-0.25, -0.2) is 13.1 Å². The molecule has 4 nitrogen and oxygen atoms in total. The number of aromatic hydroxyl groups is 1. The largest absolute Gasteiger partial charge is 0.505 e. The molecule has 2 aromatic rings. The van der Waals surface area contributed by atoms with Crippen LogP contribution in [0, 0.1) is 0 Å². The van der Waals surface area contributed by atoms with Crippen LogP contribution in [-0.2, 0) is 16.6 Å². The molecule has 0 aromatic heterocycles. The highest BCUT2D eigenvalue weighted by atomic mass is 35.5. The van der Waals surface area contributed by atoms with E-state index in [2.05, 4.69) is 4.72 Å². The third kappa shape index (κ3) is 4.08. The van der Waals surface area contributed by atoms with Crippen molar-refractivity contribution in [2.45, 2.75) is 16.3 Å². The van der Waals surface area contributed by atoms with E-state index < -0.39 is 15.8 Å². The standard InChI is InChI=1S/C14H13Cl2NO3S2/c1-21-11-4-2-9(3-5-11)8-17-22(19,20)13-7-10(15)6-12(16)14(13)18/h2-7,17-18H,8H2,1H3. The molecule has 22 heavy (non-hydrogen) atoms. The summed E-state index contributed by atoms with van der Waals surface area (Å²) in [6.45, 7) is 0.0978. The van der Waals surface area contributed by atoms with Crippen molar-refractivity contribution in [1.82, 2.24) is 4.72 Å². The SMILES string of the molecule is CSc1ccc(CNS(=O)(=O)c2cc(Cl)cc(Cl)c2O)cc1. The van der Waals surface area contributed by atoms with Gasteiger partial charge in [0.1, 0.15) is 4.90 Å². The van der Waals surface area contributed by atoms with Gasteiger partial charge in [0, 0.05) is 16.5 Å². The van der Waals surface area contributed by atoms with Gasteiger partial charge < -0.3 is 5.11 Å². The molecule has 0 saturated carbocycles. The zero-order valence-corrected chi connectivity index (χ0v) is 14.7. The first-order valence-corrected chi connectivity index (χ1v) is 9.60.